The third kappa shape index (κ3) is 32.5. The minimum atomic E-state index is 0. The Morgan fingerprint density at radius 3 is 1.69 bits per heavy atom. The van der Waals surface area contributed by atoms with E-state index in [1.54, 1.807) is 0 Å². The van der Waals surface area contributed by atoms with Gasteiger partial charge in [0.15, 0.2) is 0 Å². The largest absolute Gasteiger partial charge is 0.412 e. The molecule has 3 nitrogen and oxygen atoms in total. The first-order chi connectivity index (χ1) is 4.27. The fourth-order valence-corrected chi connectivity index (χ4v) is 0.906. The molecule has 6 N–H and O–H groups in total. The molecular formula is C9H25O3Ti-. The van der Waals surface area contributed by atoms with E-state index in [4.69, 9.17) is 0 Å². The molecule has 0 rings (SSSR count). The van der Waals surface area contributed by atoms with Gasteiger partial charge in [-0.2, -0.15) is 6.42 Å². The van der Waals surface area contributed by atoms with E-state index in [2.05, 4.69) is 20.8 Å². The van der Waals surface area contributed by atoms with Gasteiger partial charge in [-0.25, -0.2) is 0 Å². The van der Waals surface area contributed by atoms with Crippen molar-refractivity contribution in [3.8, 4) is 0 Å². The Bertz CT molecular complexity index is 60.8. The van der Waals surface area contributed by atoms with Crippen LogP contribution in [0.4, 0.5) is 0 Å². The molecule has 0 aliphatic carbocycles. The van der Waals surface area contributed by atoms with Crippen molar-refractivity contribution in [1.29, 1.82) is 0 Å². The summed E-state index contributed by atoms with van der Waals surface area (Å²) in [6, 6.07) is 0. The Kier molecular flexibility index (Phi) is 51.5. The van der Waals surface area contributed by atoms with Crippen molar-refractivity contribution < 1.29 is 38.1 Å². The van der Waals surface area contributed by atoms with E-state index < -0.39 is 0 Å². The van der Waals surface area contributed by atoms with Gasteiger partial charge in [0.1, 0.15) is 0 Å². The molecule has 0 radical (unpaired) electrons. The fourth-order valence-electron chi connectivity index (χ4n) is 0.906. The molecule has 0 atom stereocenters. The van der Waals surface area contributed by atoms with Gasteiger partial charge in [0.2, 0.25) is 0 Å². The van der Waals surface area contributed by atoms with E-state index in [9.17, 15) is 0 Å². The third-order valence-corrected chi connectivity index (χ3v) is 1.53. The number of hydrogen-bond acceptors (Lipinski definition) is 0. The van der Waals surface area contributed by atoms with Gasteiger partial charge in [0, 0.05) is 21.7 Å². The van der Waals surface area contributed by atoms with Gasteiger partial charge in [-0.15, -0.1) is 0 Å². The summed E-state index contributed by atoms with van der Waals surface area (Å²) in [5.41, 5.74) is 0. The van der Waals surface area contributed by atoms with Crippen LogP contribution in [0.1, 0.15) is 46.0 Å². The minimum absolute atomic E-state index is 0. The van der Waals surface area contributed by atoms with Crippen LogP contribution in [-0.2, 0) is 21.7 Å². The first-order valence-electron chi connectivity index (χ1n) is 4.06. The summed E-state index contributed by atoms with van der Waals surface area (Å²) in [5.74, 6) is 0.884. The number of unbranched alkanes of at least 4 members (excludes halogenated alkanes) is 3. The maximum Gasteiger partial charge on any atom is 0 e. The fraction of sp³-hybridized carbons (Fsp3) is 0.889. The van der Waals surface area contributed by atoms with Crippen LogP contribution < -0.4 is 0 Å². The van der Waals surface area contributed by atoms with Crippen molar-refractivity contribution in [1.82, 2.24) is 0 Å². The molecule has 0 heterocycles. The average Bonchev–Trinajstić information content (AvgIpc) is 1.80. The maximum absolute atomic E-state index is 3.80. The van der Waals surface area contributed by atoms with Crippen molar-refractivity contribution >= 4 is 0 Å². The summed E-state index contributed by atoms with van der Waals surface area (Å²) >= 11 is 0. The third-order valence-electron chi connectivity index (χ3n) is 1.53. The van der Waals surface area contributed by atoms with Crippen molar-refractivity contribution in [3.63, 3.8) is 0 Å². The molecule has 0 unspecified atom stereocenters. The predicted molar refractivity (Wildman–Crippen MR) is 54.1 cm³/mol. The summed E-state index contributed by atoms with van der Waals surface area (Å²) < 4.78 is 0. The van der Waals surface area contributed by atoms with Crippen LogP contribution >= 0.6 is 0 Å². The van der Waals surface area contributed by atoms with Crippen LogP contribution in [0, 0.1) is 12.8 Å². The summed E-state index contributed by atoms with van der Waals surface area (Å²) in [7, 11) is 0. The first-order valence-corrected chi connectivity index (χ1v) is 4.06. The zero-order valence-corrected chi connectivity index (χ0v) is 10.4. The van der Waals surface area contributed by atoms with Crippen LogP contribution in [-0.4, -0.2) is 16.4 Å². The van der Waals surface area contributed by atoms with E-state index in [1.165, 1.54) is 25.7 Å². The van der Waals surface area contributed by atoms with Gasteiger partial charge < -0.3 is 23.4 Å². The molecular weight excluding hydrogens is 204 g/mol. The van der Waals surface area contributed by atoms with Crippen molar-refractivity contribution in [2.45, 2.75) is 46.0 Å². The zero-order chi connectivity index (χ0) is 7.11. The molecule has 4 heteroatoms. The van der Waals surface area contributed by atoms with Gasteiger partial charge >= 0.3 is 0 Å². The molecule has 0 fully saturated rings. The second kappa shape index (κ2) is 22.9. The quantitative estimate of drug-likeness (QED) is 0.381. The van der Waals surface area contributed by atoms with Crippen molar-refractivity contribution in [2.75, 3.05) is 0 Å². The van der Waals surface area contributed by atoms with Crippen LogP contribution in [0.2, 0.25) is 0 Å². The van der Waals surface area contributed by atoms with E-state index in [1.807, 2.05) is 0 Å². The molecule has 0 saturated carbocycles. The normalized spacial score (nSPS) is 7.38. The van der Waals surface area contributed by atoms with Crippen LogP contribution in [0.3, 0.4) is 0 Å². The summed E-state index contributed by atoms with van der Waals surface area (Å²) in [6.45, 7) is 8.37. The van der Waals surface area contributed by atoms with Crippen LogP contribution in [0.25, 0.3) is 0 Å². The standard InChI is InChI=1S/C9H19.3H2O.Ti/c1-4-5-6-7-8-9(2)3;;;;/h9H,1,4-8H2,2-3H3;3*1H2;/q-1;;;;. The van der Waals surface area contributed by atoms with E-state index in [0.717, 1.165) is 12.3 Å². The molecule has 0 saturated heterocycles. The maximum atomic E-state index is 3.80. The minimum Gasteiger partial charge on any atom is -0.412 e. The second-order valence-electron chi connectivity index (χ2n) is 3.10. The van der Waals surface area contributed by atoms with Gasteiger partial charge in [-0.1, -0.05) is 39.5 Å². The number of hydrogen-bond donors (Lipinski definition) is 0. The molecule has 0 spiro atoms. The molecule has 0 bridgehead atoms. The molecule has 0 aromatic carbocycles. The topological polar surface area (TPSA) is 94.5 Å². The SMILES string of the molecule is O.O.O.[CH2-]CCCCCC(C)C.[Ti]. The second-order valence-corrected chi connectivity index (χ2v) is 3.10. The monoisotopic (exact) mass is 229 g/mol. The molecule has 0 amide bonds. The Labute approximate surface area is 97.1 Å². The summed E-state index contributed by atoms with van der Waals surface area (Å²) in [5, 5.41) is 0. The molecule has 0 aliphatic rings. The van der Waals surface area contributed by atoms with E-state index in [-0.39, 0.29) is 38.1 Å². The molecule has 0 aromatic heterocycles. The predicted octanol–water partition coefficient (Wildman–Crippen LogP) is 0.950. The van der Waals surface area contributed by atoms with Crippen LogP contribution in [0.15, 0.2) is 0 Å². The van der Waals surface area contributed by atoms with Crippen molar-refractivity contribution in [2.24, 2.45) is 5.92 Å². The summed E-state index contributed by atoms with van der Waals surface area (Å²) in [6.07, 6.45) is 6.58. The average molecular weight is 229 g/mol. The van der Waals surface area contributed by atoms with Gasteiger partial charge in [0.25, 0.3) is 0 Å². The molecule has 0 aromatic rings. The number of rotatable bonds is 5. The smallest absolute Gasteiger partial charge is 0 e. The van der Waals surface area contributed by atoms with Gasteiger partial charge in [-0.05, 0) is 5.92 Å². The molecule has 84 valence electrons. The zero-order valence-electron chi connectivity index (χ0n) is 8.82. The van der Waals surface area contributed by atoms with Crippen LogP contribution in [0.5, 0.6) is 0 Å². The first kappa shape index (κ1) is 29.2. The van der Waals surface area contributed by atoms with E-state index in [0.29, 0.717) is 0 Å². The Balaban J connectivity index is -0.0000000533. The van der Waals surface area contributed by atoms with E-state index >= 15 is 0 Å². The van der Waals surface area contributed by atoms with Gasteiger partial charge in [0.05, 0.1) is 0 Å². The Hall–Kier alpha value is 0.594. The van der Waals surface area contributed by atoms with Gasteiger partial charge in [-0.3, -0.25) is 0 Å². The summed E-state index contributed by atoms with van der Waals surface area (Å²) in [4.78, 5) is 0. The molecule has 13 heavy (non-hydrogen) atoms. The van der Waals surface area contributed by atoms with Crippen molar-refractivity contribution in [3.05, 3.63) is 6.92 Å². The molecule has 0 aliphatic heterocycles. The Morgan fingerprint density at radius 1 is 0.923 bits per heavy atom. The Morgan fingerprint density at radius 2 is 1.38 bits per heavy atom.